The Balaban J connectivity index is 1.45. The van der Waals surface area contributed by atoms with Crippen molar-refractivity contribution in [2.75, 3.05) is 0 Å². The standard InChI is InChI=1S/C24H29FO2/c1-2-3-18-4-9-20(10-5-18)21-11-6-19(7-12-21)8-17-24(26)27-23-15-13-22(25)14-16-23/h6-7,11-16,18,20H,2-5,8-10,17H2,1H3/t18-,20-. The van der Waals surface area contributed by atoms with E-state index in [0.29, 0.717) is 24.5 Å². The summed E-state index contributed by atoms with van der Waals surface area (Å²) in [7, 11) is 0. The van der Waals surface area contributed by atoms with Crippen molar-refractivity contribution in [1.29, 1.82) is 0 Å². The molecular weight excluding hydrogens is 339 g/mol. The number of rotatable bonds is 7. The molecule has 27 heavy (non-hydrogen) atoms. The minimum Gasteiger partial charge on any atom is -0.427 e. The van der Waals surface area contributed by atoms with Crippen LogP contribution in [0.15, 0.2) is 48.5 Å². The monoisotopic (exact) mass is 368 g/mol. The van der Waals surface area contributed by atoms with E-state index in [0.717, 1.165) is 11.5 Å². The molecule has 1 aliphatic carbocycles. The Kier molecular flexibility index (Phi) is 7.03. The largest absolute Gasteiger partial charge is 0.427 e. The van der Waals surface area contributed by atoms with Crippen LogP contribution in [0.5, 0.6) is 5.75 Å². The number of hydrogen-bond acceptors (Lipinski definition) is 2. The van der Waals surface area contributed by atoms with Gasteiger partial charge >= 0.3 is 5.97 Å². The molecule has 0 spiro atoms. The van der Waals surface area contributed by atoms with Crippen molar-refractivity contribution in [2.24, 2.45) is 5.92 Å². The zero-order chi connectivity index (χ0) is 19.1. The number of halogens is 1. The fraction of sp³-hybridized carbons (Fsp3) is 0.458. The Labute approximate surface area is 161 Å². The van der Waals surface area contributed by atoms with Gasteiger partial charge in [-0.1, -0.05) is 44.0 Å². The Morgan fingerprint density at radius 2 is 1.67 bits per heavy atom. The molecule has 0 unspecified atom stereocenters. The Hall–Kier alpha value is -2.16. The zero-order valence-corrected chi connectivity index (χ0v) is 16.1. The average Bonchev–Trinajstić information content (AvgIpc) is 2.69. The van der Waals surface area contributed by atoms with Crippen LogP contribution >= 0.6 is 0 Å². The molecule has 144 valence electrons. The van der Waals surface area contributed by atoms with Gasteiger partial charge in [0.05, 0.1) is 0 Å². The van der Waals surface area contributed by atoms with E-state index >= 15 is 0 Å². The van der Waals surface area contributed by atoms with Gasteiger partial charge in [0.1, 0.15) is 11.6 Å². The van der Waals surface area contributed by atoms with Gasteiger partial charge < -0.3 is 4.74 Å². The van der Waals surface area contributed by atoms with Crippen molar-refractivity contribution >= 4 is 5.97 Å². The number of benzene rings is 2. The van der Waals surface area contributed by atoms with Gasteiger partial charge in [-0.2, -0.15) is 0 Å². The van der Waals surface area contributed by atoms with Gasteiger partial charge in [-0.05, 0) is 79.3 Å². The summed E-state index contributed by atoms with van der Waals surface area (Å²) in [6.45, 7) is 2.28. The van der Waals surface area contributed by atoms with E-state index in [9.17, 15) is 9.18 Å². The second-order valence-electron chi connectivity index (χ2n) is 7.68. The number of esters is 1. The van der Waals surface area contributed by atoms with Crippen LogP contribution in [0.3, 0.4) is 0 Å². The summed E-state index contributed by atoms with van der Waals surface area (Å²) in [6, 6.07) is 14.2. The maximum Gasteiger partial charge on any atom is 0.311 e. The molecule has 0 heterocycles. The second kappa shape index (κ2) is 9.68. The van der Waals surface area contributed by atoms with E-state index in [1.807, 2.05) is 0 Å². The SMILES string of the molecule is CCC[C@H]1CC[C@H](c2ccc(CCC(=O)Oc3ccc(F)cc3)cc2)CC1. The third-order valence-corrected chi connectivity index (χ3v) is 5.66. The molecular formula is C24H29FO2. The van der Waals surface area contributed by atoms with Crippen molar-refractivity contribution in [3.63, 3.8) is 0 Å². The summed E-state index contributed by atoms with van der Waals surface area (Å²) in [5, 5.41) is 0. The van der Waals surface area contributed by atoms with Gasteiger partial charge in [0.2, 0.25) is 0 Å². The first-order valence-corrected chi connectivity index (χ1v) is 10.2. The van der Waals surface area contributed by atoms with Crippen LogP contribution in [0.2, 0.25) is 0 Å². The van der Waals surface area contributed by atoms with Crippen LogP contribution in [-0.2, 0) is 11.2 Å². The first-order valence-electron chi connectivity index (χ1n) is 10.2. The Bertz CT molecular complexity index is 713. The summed E-state index contributed by atoms with van der Waals surface area (Å²) in [6.07, 6.45) is 8.96. The summed E-state index contributed by atoms with van der Waals surface area (Å²) in [5.74, 6) is 1.37. The summed E-state index contributed by atoms with van der Waals surface area (Å²) >= 11 is 0. The highest BCUT2D eigenvalue weighted by molar-refractivity contribution is 5.72. The first-order chi connectivity index (χ1) is 13.1. The Morgan fingerprint density at radius 3 is 2.30 bits per heavy atom. The lowest BCUT2D eigenvalue weighted by Gasteiger charge is -2.28. The molecule has 3 heteroatoms. The second-order valence-corrected chi connectivity index (χ2v) is 7.68. The van der Waals surface area contributed by atoms with Crippen molar-refractivity contribution in [1.82, 2.24) is 0 Å². The van der Waals surface area contributed by atoms with Crippen molar-refractivity contribution in [3.8, 4) is 5.75 Å². The Morgan fingerprint density at radius 1 is 1.00 bits per heavy atom. The predicted molar refractivity (Wildman–Crippen MR) is 106 cm³/mol. The number of carbonyl (C=O) groups is 1. The quantitative estimate of drug-likeness (QED) is 0.415. The molecule has 2 aromatic rings. The van der Waals surface area contributed by atoms with E-state index < -0.39 is 0 Å². The topological polar surface area (TPSA) is 26.3 Å². The van der Waals surface area contributed by atoms with Gasteiger partial charge in [-0.15, -0.1) is 0 Å². The fourth-order valence-corrected chi connectivity index (χ4v) is 4.08. The fourth-order valence-electron chi connectivity index (χ4n) is 4.08. The third kappa shape index (κ3) is 5.92. The molecule has 0 N–H and O–H groups in total. The molecule has 0 saturated heterocycles. The number of hydrogen-bond donors (Lipinski definition) is 0. The van der Waals surface area contributed by atoms with Crippen LogP contribution in [-0.4, -0.2) is 5.97 Å². The lowest BCUT2D eigenvalue weighted by atomic mass is 9.77. The molecule has 0 radical (unpaired) electrons. The van der Waals surface area contributed by atoms with E-state index in [1.54, 1.807) is 0 Å². The van der Waals surface area contributed by atoms with E-state index in [-0.39, 0.29) is 11.8 Å². The van der Waals surface area contributed by atoms with Crippen LogP contribution in [0, 0.1) is 11.7 Å². The van der Waals surface area contributed by atoms with Gasteiger partial charge in [-0.25, -0.2) is 4.39 Å². The van der Waals surface area contributed by atoms with Gasteiger partial charge in [0, 0.05) is 6.42 Å². The molecule has 0 aliphatic heterocycles. The van der Waals surface area contributed by atoms with Crippen molar-refractivity contribution in [3.05, 3.63) is 65.5 Å². The zero-order valence-electron chi connectivity index (χ0n) is 16.1. The molecule has 2 nitrogen and oxygen atoms in total. The highest BCUT2D eigenvalue weighted by Crippen LogP contribution is 2.37. The van der Waals surface area contributed by atoms with Crippen molar-refractivity contribution < 1.29 is 13.9 Å². The van der Waals surface area contributed by atoms with Crippen LogP contribution in [0.25, 0.3) is 0 Å². The first kappa shape index (κ1) is 19.6. The third-order valence-electron chi connectivity index (χ3n) is 5.66. The van der Waals surface area contributed by atoms with Crippen molar-refractivity contribution in [2.45, 2.75) is 64.2 Å². The van der Waals surface area contributed by atoms with Crippen LogP contribution in [0.1, 0.15) is 68.9 Å². The average molecular weight is 368 g/mol. The normalized spacial score (nSPS) is 19.6. The number of aryl methyl sites for hydroxylation is 1. The van der Waals surface area contributed by atoms with Crippen LogP contribution < -0.4 is 4.74 Å². The molecule has 0 aromatic heterocycles. The summed E-state index contributed by atoms with van der Waals surface area (Å²) in [4.78, 5) is 12.0. The van der Waals surface area contributed by atoms with E-state index in [1.165, 1.54) is 68.4 Å². The molecule has 2 aromatic carbocycles. The molecule has 3 rings (SSSR count). The molecule has 0 bridgehead atoms. The minimum atomic E-state index is -0.339. The molecule has 1 aliphatic rings. The van der Waals surface area contributed by atoms with E-state index in [4.69, 9.17) is 4.74 Å². The smallest absolute Gasteiger partial charge is 0.311 e. The van der Waals surface area contributed by atoms with Gasteiger partial charge in [0.25, 0.3) is 0 Å². The van der Waals surface area contributed by atoms with Gasteiger partial charge in [-0.3, -0.25) is 4.79 Å². The van der Waals surface area contributed by atoms with Gasteiger partial charge in [0.15, 0.2) is 0 Å². The minimum absolute atomic E-state index is 0.292. The summed E-state index contributed by atoms with van der Waals surface area (Å²) < 4.78 is 18.1. The predicted octanol–water partition coefficient (Wildman–Crippen LogP) is 6.44. The highest BCUT2D eigenvalue weighted by atomic mass is 19.1. The molecule has 1 saturated carbocycles. The number of ether oxygens (including phenoxy) is 1. The molecule has 0 amide bonds. The molecule has 1 fully saturated rings. The van der Waals surface area contributed by atoms with Crippen LogP contribution in [0.4, 0.5) is 4.39 Å². The lowest BCUT2D eigenvalue weighted by Crippen LogP contribution is -2.13. The lowest BCUT2D eigenvalue weighted by molar-refractivity contribution is -0.134. The number of carbonyl (C=O) groups excluding carboxylic acids is 1. The summed E-state index contributed by atoms with van der Waals surface area (Å²) in [5.41, 5.74) is 2.58. The maximum absolute atomic E-state index is 12.9. The highest BCUT2D eigenvalue weighted by Gasteiger charge is 2.21. The molecule has 0 atom stereocenters. The van der Waals surface area contributed by atoms with E-state index in [2.05, 4.69) is 31.2 Å². The maximum atomic E-state index is 12.9.